The van der Waals surface area contributed by atoms with Gasteiger partial charge in [-0.15, -0.1) is 5.10 Å². The zero-order valence-corrected chi connectivity index (χ0v) is 17.5. The highest BCUT2D eigenvalue weighted by molar-refractivity contribution is 9.10. The number of thioether (sulfide) groups is 1. The molecule has 1 fully saturated rings. The Morgan fingerprint density at radius 1 is 1.26 bits per heavy atom. The first-order valence-corrected chi connectivity index (χ1v) is 10.1. The van der Waals surface area contributed by atoms with E-state index in [1.807, 2.05) is 12.1 Å². The summed E-state index contributed by atoms with van der Waals surface area (Å²) in [6.07, 6.45) is 0. The minimum Gasteiger partial charge on any atom is -0.482 e. The Labute approximate surface area is 178 Å². The molecule has 2 aromatic carbocycles. The van der Waals surface area contributed by atoms with Crippen LogP contribution in [0.15, 0.2) is 52.0 Å². The zero-order chi connectivity index (χ0) is 19.4. The first kappa shape index (κ1) is 20.0. The number of amides is 2. The average molecular weight is 489 g/mol. The van der Waals surface area contributed by atoms with Gasteiger partial charge in [-0.2, -0.15) is 0 Å². The maximum absolute atomic E-state index is 12.1. The molecule has 1 aliphatic rings. The third-order valence-electron chi connectivity index (χ3n) is 3.38. The second-order valence-electron chi connectivity index (χ2n) is 5.29. The summed E-state index contributed by atoms with van der Waals surface area (Å²) in [5.41, 5.74) is 3.06. The molecule has 27 heavy (non-hydrogen) atoms. The predicted molar refractivity (Wildman–Crippen MR) is 112 cm³/mol. The van der Waals surface area contributed by atoms with Crippen LogP contribution in [0, 0.1) is 0 Å². The smallest absolute Gasteiger partial charge is 0.278 e. The topological polar surface area (TPSA) is 71.0 Å². The van der Waals surface area contributed by atoms with Crippen LogP contribution in [0.5, 0.6) is 5.75 Å². The van der Waals surface area contributed by atoms with Crippen LogP contribution in [0.4, 0.5) is 5.69 Å². The van der Waals surface area contributed by atoms with E-state index in [0.29, 0.717) is 26.6 Å². The van der Waals surface area contributed by atoms with Crippen molar-refractivity contribution in [2.24, 2.45) is 5.10 Å². The summed E-state index contributed by atoms with van der Waals surface area (Å²) in [5.74, 6) is -0.00344. The molecule has 6 nitrogen and oxygen atoms in total. The molecular formula is C17H12BrCl2N3O3S. The van der Waals surface area contributed by atoms with Crippen LogP contribution in [0.25, 0.3) is 0 Å². The fraction of sp³-hybridized carbons (Fsp3) is 0.118. The Morgan fingerprint density at radius 2 is 2.00 bits per heavy atom. The number of anilines is 1. The first-order valence-electron chi connectivity index (χ1n) is 7.60. The molecule has 140 valence electrons. The van der Waals surface area contributed by atoms with Gasteiger partial charge in [0.25, 0.3) is 5.91 Å². The van der Waals surface area contributed by atoms with Crippen LogP contribution in [0.1, 0.15) is 0 Å². The molecule has 1 heterocycles. The van der Waals surface area contributed by atoms with E-state index in [1.54, 1.807) is 24.3 Å². The number of carbonyl (C=O) groups is 2. The Hall–Kier alpha value is -1.74. The van der Waals surface area contributed by atoms with E-state index in [-0.39, 0.29) is 18.3 Å². The summed E-state index contributed by atoms with van der Waals surface area (Å²) in [7, 11) is 0. The van der Waals surface area contributed by atoms with Crippen molar-refractivity contribution in [3.05, 3.63) is 57.0 Å². The van der Waals surface area contributed by atoms with Crippen LogP contribution in [0.2, 0.25) is 10.0 Å². The summed E-state index contributed by atoms with van der Waals surface area (Å²) < 4.78 is 6.25. The SMILES string of the molecule is O=C(COc1ccc(Cl)cc1Cl)N/N=C1/SCC(=O)N1c1ccc(Br)cc1. The number of nitrogens with zero attached hydrogens (tertiary/aromatic N) is 2. The second kappa shape index (κ2) is 8.97. The van der Waals surface area contributed by atoms with Crippen molar-refractivity contribution < 1.29 is 14.3 Å². The van der Waals surface area contributed by atoms with Crippen molar-refractivity contribution in [2.75, 3.05) is 17.3 Å². The van der Waals surface area contributed by atoms with Crippen LogP contribution in [-0.2, 0) is 9.59 Å². The summed E-state index contributed by atoms with van der Waals surface area (Å²) in [4.78, 5) is 25.6. The third kappa shape index (κ3) is 5.16. The maximum Gasteiger partial charge on any atom is 0.278 e. The number of amidine groups is 1. The normalized spacial score (nSPS) is 15.3. The highest BCUT2D eigenvalue weighted by Gasteiger charge is 2.30. The molecule has 0 aliphatic carbocycles. The summed E-state index contributed by atoms with van der Waals surface area (Å²) in [5, 5.41) is 5.21. The summed E-state index contributed by atoms with van der Waals surface area (Å²) >= 11 is 16.4. The van der Waals surface area contributed by atoms with Crippen LogP contribution < -0.4 is 15.1 Å². The largest absolute Gasteiger partial charge is 0.482 e. The molecule has 0 spiro atoms. The number of ether oxygens (including phenoxy) is 1. The van der Waals surface area contributed by atoms with E-state index in [1.165, 1.54) is 22.7 Å². The number of halogens is 3. The molecule has 0 atom stereocenters. The standard InChI is InChI=1S/C17H12BrCl2N3O3S/c18-10-1-4-12(5-2-10)23-16(25)9-27-17(23)22-21-15(24)8-26-14-6-3-11(19)7-13(14)20/h1-7H,8-9H2,(H,21,24)/b22-17+. The van der Waals surface area contributed by atoms with Gasteiger partial charge in [0, 0.05) is 9.50 Å². The fourth-order valence-corrected chi connectivity index (χ4v) is 3.72. The molecule has 0 unspecified atom stereocenters. The lowest BCUT2D eigenvalue weighted by molar-refractivity contribution is -0.123. The molecule has 1 saturated heterocycles. The molecule has 1 aliphatic heterocycles. The number of carbonyl (C=O) groups excluding carboxylic acids is 2. The molecular weight excluding hydrogens is 477 g/mol. The van der Waals surface area contributed by atoms with E-state index in [4.69, 9.17) is 27.9 Å². The van der Waals surface area contributed by atoms with Crippen molar-refractivity contribution in [3.63, 3.8) is 0 Å². The van der Waals surface area contributed by atoms with Crippen LogP contribution in [0.3, 0.4) is 0 Å². The average Bonchev–Trinajstić information content (AvgIpc) is 3.00. The Balaban J connectivity index is 1.62. The van der Waals surface area contributed by atoms with Gasteiger partial charge in [0.1, 0.15) is 5.75 Å². The van der Waals surface area contributed by atoms with Gasteiger partial charge >= 0.3 is 0 Å². The summed E-state index contributed by atoms with van der Waals surface area (Å²) in [6, 6.07) is 11.9. The van der Waals surface area contributed by atoms with Crippen molar-refractivity contribution in [1.29, 1.82) is 0 Å². The molecule has 2 aromatic rings. The van der Waals surface area contributed by atoms with E-state index in [2.05, 4.69) is 26.5 Å². The molecule has 10 heteroatoms. The number of hydrogen-bond donors (Lipinski definition) is 1. The van der Waals surface area contributed by atoms with Gasteiger partial charge in [-0.25, -0.2) is 5.43 Å². The lowest BCUT2D eigenvalue weighted by Gasteiger charge is -2.16. The monoisotopic (exact) mass is 487 g/mol. The van der Waals surface area contributed by atoms with Gasteiger partial charge in [-0.3, -0.25) is 14.5 Å². The molecule has 2 amide bonds. The van der Waals surface area contributed by atoms with Crippen molar-refractivity contribution in [2.45, 2.75) is 0 Å². The minimum absolute atomic E-state index is 0.112. The van der Waals surface area contributed by atoms with Gasteiger partial charge in [-0.05, 0) is 42.5 Å². The highest BCUT2D eigenvalue weighted by atomic mass is 79.9. The quantitative estimate of drug-likeness (QED) is 0.637. The zero-order valence-electron chi connectivity index (χ0n) is 13.6. The number of hydrogen-bond acceptors (Lipinski definition) is 5. The molecule has 0 radical (unpaired) electrons. The maximum atomic E-state index is 12.1. The number of benzene rings is 2. The Kier molecular flexibility index (Phi) is 6.64. The van der Waals surface area contributed by atoms with Crippen molar-refractivity contribution >= 4 is 73.6 Å². The van der Waals surface area contributed by atoms with Gasteiger partial charge in [0.15, 0.2) is 11.8 Å². The number of nitrogens with one attached hydrogen (secondary N) is 1. The molecule has 3 rings (SSSR count). The van der Waals surface area contributed by atoms with Crippen molar-refractivity contribution in [1.82, 2.24) is 5.43 Å². The van der Waals surface area contributed by atoms with Gasteiger partial charge in [0.2, 0.25) is 5.91 Å². The second-order valence-corrected chi connectivity index (χ2v) is 7.99. The molecule has 1 N–H and O–H groups in total. The van der Waals surface area contributed by atoms with Gasteiger partial charge < -0.3 is 4.74 Å². The predicted octanol–water partition coefficient (Wildman–Crippen LogP) is 4.30. The van der Waals surface area contributed by atoms with E-state index < -0.39 is 5.91 Å². The lowest BCUT2D eigenvalue weighted by Crippen LogP contribution is -2.32. The van der Waals surface area contributed by atoms with E-state index >= 15 is 0 Å². The van der Waals surface area contributed by atoms with E-state index in [0.717, 1.165) is 4.47 Å². The lowest BCUT2D eigenvalue weighted by atomic mass is 10.3. The summed E-state index contributed by atoms with van der Waals surface area (Å²) in [6.45, 7) is -0.283. The molecule has 0 bridgehead atoms. The fourth-order valence-electron chi connectivity index (χ4n) is 2.17. The number of rotatable bonds is 5. The van der Waals surface area contributed by atoms with E-state index in [9.17, 15) is 9.59 Å². The molecule has 0 aromatic heterocycles. The first-order chi connectivity index (χ1) is 12.9. The third-order valence-corrected chi connectivity index (χ3v) is 5.36. The van der Waals surface area contributed by atoms with Crippen LogP contribution >= 0.6 is 50.9 Å². The minimum atomic E-state index is -0.482. The van der Waals surface area contributed by atoms with Gasteiger partial charge in [-0.1, -0.05) is 50.9 Å². The Morgan fingerprint density at radius 3 is 2.70 bits per heavy atom. The highest BCUT2D eigenvalue weighted by Crippen LogP contribution is 2.28. The Bertz CT molecular complexity index is 909. The van der Waals surface area contributed by atoms with Gasteiger partial charge in [0.05, 0.1) is 16.5 Å². The molecule has 0 saturated carbocycles. The van der Waals surface area contributed by atoms with Crippen molar-refractivity contribution in [3.8, 4) is 5.75 Å². The van der Waals surface area contributed by atoms with Crippen LogP contribution in [-0.4, -0.2) is 29.3 Å². The number of hydrazone groups is 1.